The Labute approximate surface area is 102 Å². The van der Waals surface area contributed by atoms with Crippen LogP contribution in [0.5, 0.6) is 0 Å². The van der Waals surface area contributed by atoms with Crippen LogP contribution in [0.1, 0.15) is 24.4 Å². The van der Waals surface area contributed by atoms with Crippen molar-refractivity contribution in [2.45, 2.75) is 18.9 Å². The standard InChI is InChI=1S/C13H20N4/c1-2-12(15-5-1)11-3-4-13(16-10-11)17-8-6-14-7-9-17/h3-4,10,12,14-15H,1-2,5-9H2. The molecule has 1 aromatic rings. The Kier molecular flexibility index (Phi) is 3.25. The van der Waals surface area contributed by atoms with Gasteiger partial charge in [-0.3, -0.25) is 0 Å². The largest absolute Gasteiger partial charge is 0.354 e. The van der Waals surface area contributed by atoms with Crippen LogP contribution in [-0.2, 0) is 0 Å². The fourth-order valence-corrected chi connectivity index (χ4v) is 2.65. The zero-order valence-corrected chi connectivity index (χ0v) is 10.2. The van der Waals surface area contributed by atoms with Crippen molar-refractivity contribution < 1.29 is 0 Å². The summed E-state index contributed by atoms with van der Waals surface area (Å²) >= 11 is 0. The first-order valence-electron chi connectivity index (χ1n) is 6.58. The highest BCUT2D eigenvalue weighted by atomic mass is 15.2. The summed E-state index contributed by atoms with van der Waals surface area (Å²) in [4.78, 5) is 6.95. The molecule has 2 aliphatic rings. The first kappa shape index (κ1) is 11.0. The minimum Gasteiger partial charge on any atom is -0.354 e. The lowest BCUT2D eigenvalue weighted by atomic mass is 10.1. The summed E-state index contributed by atoms with van der Waals surface area (Å²) in [6, 6.07) is 4.92. The highest BCUT2D eigenvalue weighted by molar-refractivity contribution is 5.40. The number of pyridine rings is 1. The fourth-order valence-electron chi connectivity index (χ4n) is 2.65. The Morgan fingerprint density at radius 1 is 1.18 bits per heavy atom. The van der Waals surface area contributed by atoms with E-state index in [0.717, 1.165) is 38.5 Å². The molecule has 1 atom stereocenters. The molecule has 3 rings (SSSR count). The maximum atomic E-state index is 4.61. The van der Waals surface area contributed by atoms with Crippen molar-refractivity contribution >= 4 is 5.82 Å². The average molecular weight is 232 g/mol. The zero-order valence-electron chi connectivity index (χ0n) is 10.2. The number of nitrogens with one attached hydrogen (secondary N) is 2. The quantitative estimate of drug-likeness (QED) is 0.795. The van der Waals surface area contributed by atoms with Crippen molar-refractivity contribution in [2.75, 3.05) is 37.6 Å². The zero-order chi connectivity index (χ0) is 11.5. The molecule has 0 aromatic carbocycles. The van der Waals surface area contributed by atoms with E-state index >= 15 is 0 Å². The third kappa shape index (κ3) is 2.42. The minimum absolute atomic E-state index is 0.527. The molecule has 0 saturated carbocycles. The van der Waals surface area contributed by atoms with Crippen LogP contribution in [0.25, 0.3) is 0 Å². The van der Waals surface area contributed by atoms with Crippen LogP contribution < -0.4 is 15.5 Å². The molecule has 4 heteroatoms. The molecule has 1 aromatic heterocycles. The van der Waals surface area contributed by atoms with E-state index in [1.165, 1.54) is 18.4 Å². The minimum atomic E-state index is 0.527. The predicted octanol–water partition coefficient (Wildman–Crippen LogP) is 0.916. The second kappa shape index (κ2) is 5.02. The Hall–Kier alpha value is -1.13. The van der Waals surface area contributed by atoms with Crippen LogP contribution in [-0.4, -0.2) is 37.7 Å². The summed E-state index contributed by atoms with van der Waals surface area (Å²) in [5.74, 6) is 1.12. The molecule has 2 N–H and O–H groups in total. The molecule has 0 radical (unpaired) electrons. The van der Waals surface area contributed by atoms with Crippen molar-refractivity contribution in [3.05, 3.63) is 23.9 Å². The van der Waals surface area contributed by atoms with Crippen molar-refractivity contribution in [1.29, 1.82) is 0 Å². The highest BCUT2D eigenvalue weighted by Crippen LogP contribution is 2.23. The number of rotatable bonds is 2. The SMILES string of the molecule is c1cc(N2CCNCC2)ncc1C1CCCN1. The molecule has 3 heterocycles. The van der Waals surface area contributed by atoms with Gasteiger partial charge in [0.05, 0.1) is 0 Å². The lowest BCUT2D eigenvalue weighted by molar-refractivity contribution is 0.584. The maximum absolute atomic E-state index is 4.61. The topological polar surface area (TPSA) is 40.2 Å². The molecule has 4 nitrogen and oxygen atoms in total. The van der Waals surface area contributed by atoms with Gasteiger partial charge in [-0.2, -0.15) is 0 Å². The van der Waals surface area contributed by atoms with E-state index in [1.807, 2.05) is 6.20 Å². The molecule has 2 aliphatic heterocycles. The molecule has 1 unspecified atom stereocenters. The van der Waals surface area contributed by atoms with Crippen LogP contribution in [0.2, 0.25) is 0 Å². The third-order valence-corrected chi connectivity index (χ3v) is 3.67. The first-order chi connectivity index (χ1) is 8.43. The van der Waals surface area contributed by atoms with Crippen LogP contribution in [0, 0.1) is 0 Å². The molecule has 2 saturated heterocycles. The van der Waals surface area contributed by atoms with Gasteiger partial charge in [0.1, 0.15) is 5.82 Å². The van der Waals surface area contributed by atoms with Crippen LogP contribution in [0.4, 0.5) is 5.82 Å². The Balaban J connectivity index is 1.70. The van der Waals surface area contributed by atoms with Crippen molar-refractivity contribution in [3.63, 3.8) is 0 Å². The lowest BCUT2D eigenvalue weighted by Gasteiger charge is -2.28. The van der Waals surface area contributed by atoms with Gasteiger partial charge in [-0.25, -0.2) is 4.98 Å². The number of aromatic nitrogens is 1. The Morgan fingerprint density at radius 3 is 2.71 bits per heavy atom. The van der Waals surface area contributed by atoms with E-state index < -0.39 is 0 Å². The summed E-state index contributed by atoms with van der Waals surface area (Å²) in [5.41, 5.74) is 1.33. The van der Waals surface area contributed by atoms with E-state index in [-0.39, 0.29) is 0 Å². The van der Waals surface area contributed by atoms with Gasteiger partial charge in [0.25, 0.3) is 0 Å². The number of nitrogens with zero attached hydrogens (tertiary/aromatic N) is 2. The average Bonchev–Trinajstić information content (AvgIpc) is 2.94. The van der Waals surface area contributed by atoms with Gasteiger partial charge in [-0.15, -0.1) is 0 Å². The number of piperazine rings is 1. The van der Waals surface area contributed by atoms with Gasteiger partial charge in [0, 0.05) is 38.4 Å². The molecule has 0 amide bonds. The summed E-state index contributed by atoms with van der Waals surface area (Å²) in [6.07, 6.45) is 4.57. The van der Waals surface area contributed by atoms with Gasteiger partial charge in [0.15, 0.2) is 0 Å². The monoisotopic (exact) mass is 232 g/mol. The van der Waals surface area contributed by atoms with Crippen LogP contribution in [0.3, 0.4) is 0 Å². The number of anilines is 1. The predicted molar refractivity (Wildman–Crippen MR) is 69.3 cm³/mol. The molecule has 17 heavy (non-hydrogen) atoms. The summed E-state index contributed by atoms with van der Waals surface area (Å²) in [6.45, 7) is 5.40. The molecular weight excluding hydrogens is 212 g/mol. The van der Waals surface area contributed by atoms with E-state index in [0.29, 0.717) is 6.04 Å². The molecule has 0 bridgehead atoms. The second-order valence-corrected chi connectivity index (χ2v) is 4.84. The van der Waals surface area contributed by atoms with Gasteiger partial charge < -0.3 is 15.5 Å². The molecule has 0 aliphatic carbocycles. The van der Waals surface area contributed by atoms with Gasteiger partial charge in [-0.1, -0.05) is 6.07 Å². The molecule has 0 spiro atoms. The maximum Gasteiger partial charge on any atom is 0.128 e. The summed E-state index contributed by atoms with van der Waals surface area (Å²) in [7, 11) is 0. The number of hydrogen-bond donors (Lipinski definition) is 2. The first-order valence-corrected chi connectivity index (χ1v) is 6.58. The Bertz CT molecular complexity index is 350. The normalized spacial score (nSPS) is 25.2. The molecular formula is C13H20N4. The second-order valence-electron chi connectivity index (χ2n) is 4.84. The highest BCUT2D eigenvalue weighted by Gasteiger charge is 2.17. The van der Waals surface area contributed by atoms with Gasteiger partial charge in [0.2, 0.25) is 0 Å². The lowest BCUT2D eigenvalue weighted by Crippen LogP contribution is -2.43. The van der Waals surface area contributed by atoms with E-state index in [9.17, 15) is 0 Å². The van der Waals surface area contributed by atoms with Gasteiger partial charge >= 0.3 is 0 Å². The number of hydrogen-bond acceptors (Lipinski definition) is 4. The summed E-state index contributed by atoms with van der Waals surface area (Å²) in [5, 5.41) is 6.87. The molecule has 92 valence electrons. The van der Waals surface area contributed by atoms with E-state index in [1.54, 1.807) is 0 Å². The van der Waals surface area contributed by atoms with Crippen molar-refractivity contribution in [3.8, 4) is 0 Å². The van der Waals surface area contributed by atoms with E-state index in [4.69, 9.17) is 0 Å². The van der Waals surface area contributed by atoms with Crippen molar-refractivity contribution in [1.82, 2.24) is 15.6 Å². The Morgan fingerprint density at radius 2 is 2.06 bits per heavy atom. The van der Waals surface area contributed by atoms with Crippen molar-refractivity contribution in [2.24, 2.45) is 0 Å². The summed E-state index contributed by atoms with van der Waals surface area (Å²) < 4.78 is 0. The van der Waals surface area contributed by atoms with Gasteiger partial charge in [-0.05, 0) is 31.0 Å². The van der Waals surface area contributed by atoms with Crippen LogP contribution >= 0.6 is 0 Å². The van der Waals surface area contributed by atoms with E-state index in [2.05, 4.69) is 32.7 Å². The third-order valence-electron chi connectivity index (χ3n) is 3.67. The smallest absolute Gasteiger partial charge is 0.128 e. The molecule has 2 fully saturated rings. The van der Waals surface area contributed by atoms with Crippen LogP contribution in [0.15, 0.2) is 18.3 Å². The fraction of sp³-hybridized carbons (Fsp3) is 0.615.